The number of amides is 2. The lowest BCUT2D eigenvalue weighted by Crippen LogP contribution is -2.59. The standard InChI is InChI=1S/C22H28N2O3/c1-24(20(25)18-11-22(12-18)13-27-21(26)23-22)19-9-17(10-19)16-7-6-14-4-2-3-5-15(14)8-16/h6-8,17-19H,2-5,9-13H2,1H3,(H,23,26). The zero-order valence-electron chi connectivity index (χ0n) is 16.0. The third-order valence-electron chi connectivity index (χ3n) is 7.32. The molecule has 5 nitrogen and oxygen atoms in total. The van der Waals surface area contributed by atoms with Crippen molar-refractivity contribution >= 4 is 12.0 Å². The highest BCUT2D eigenvalue weighted by Crippen LogP contribution is 2.44. The summed E-state index contributed by atoms with van der Waals surface area (Å²) in [5, 5.41) is 2.87. The summed E-state index contributed by atoms with van der Waals surface area (Å²) in [6, 6.07) is 7.42. The zero-order chi connectivity index (χ0) is 18.6. The first-order valence-corrected chi connectivity index (χ1v) is 10.4. The van der Waals surface area contributed by atoms with E-state index in [-0.39, 0.29) is 23.5 Å². The highest BCUT2D eigenvalue weighted by atomic mass is 16.6. The lowest BCUT2D eigenvalue weighted by Gasteiger charge is -2.47. The van der Waals surface area contributed by atoms with Crippen LogP contribution < -0.4 is 5.32 Å². The van der Waals surface area contributed by atoms with Gasteiger partial charge in [-0.2, -0.15) is 0 Å². The van der Waals surface area contributed by atoms with Crippen LogP contribution in [0.4, 0.5) is 4.79 Å². The van der Waals surface area contributed by atoms with E-state index in [1.54, 1.807) is 5.56 Å². The van der Waals surface area contributed by atoms with Crippen molar-refractivity contribution < 1.29 is 14.3 Å². The Morgan fingerprint density at radius 3 is 2.63 bits per heavy atom. The quantitative estimate of drug-likeness (QED) is 0.892. The molecule has 144 valence electrons. The van der Waals surface area contributed by atoms with Crippen LogP contribution in [0.1, 0.15) is 61.1 Å². The molecule has 1 saturated heterocycles. The number of alkyl carbamates (subject to hydrolysis) is 1. The Bertz CT molecular complexity index is 778. The van der Waals surface area contributed by atoms with Crippen molar-refractivity contribution in [1.29, 1.82) is 0 Å². The average Bonchev–Trinajstić information content (AvgIpc) is 3.00. The van der Waals surface area contributed by atoms with Crippen LogP contribution in [0.25, 0.3) is 0 Å². The number of cyclic esters (lactones) is 1. The number of ether oxygens (including phenoxy) is 1. The topological polar surface area (TPSA) is 58.6 Å². The molecule has 0 unspecified atom stereocenters. The summed E-state index contributed by atoms with van der Waals surface area (Å²) in [5.41, 5.74) is 4.27. The molecule has 2 saturated carbocycles. The van der Waals surface area contributed by atoms with Crippen molar-refractivity contribution in [1.82, 2.24) is 10.2 Å². The third kappa shape index (κ3) is 2.91. The van der Waals surface area contributed by atoms with E-state index in [2.05, 4.69) is 23.5 Å². The largest absolute Gasteiger partial charge is 0.447 e. The predicted octanol–water partition coefficient (Wildman–Crippen LogP) is 3.16. The molecule has 1 spiro atoms. The fraction of sp³-hybridized carbons (Fsp3) is 0.636. The molecule has 1 heterocycles. The first kappa shape index (κ1) is 17.1. The first-order chi connectivity index (χ1) is 13.0. The fourth-order valence-electron chi connectivity index (χ4n) is 5.42. The van der Waals surface area contributed by atoms with Crippen LogP contribution in [-0.2, 0) is 22.4 Å². The Balaban J connectivity index is 1.15. The lowest BCUT2D eigenvalue weighted by atomic mass is 9.67. The van der Waals surface area contributed by atoms with Gasteiger partial charge >= 0.3 is 6.09 Å². The Hall–Kier alpha value is -2.04. The molecule has 0 radical (unpaired) electrons. The molecule has 1 aromatic carbocycles. The Kier molecular flexibility index (Phi) is 3.95. The second-order valence-corrected chi connectivity index (χ2v) is 9.09. The van der Waals surface area contributed by atoms with E-state index in [1.807, 2.05) is 11.9 Å². The molecule has 5 heteroatoms. The van der Waals surface area contributed by atoms with E-state index in [0.717, 1.165) is 12.8 Å². The summed E-state index contributed by atoms with van der Waals surface area (Å²) >= 11 is 0. The van der Waals surface area contributed by atoms with Gasteiger partial charge in [-0.05, 0) is 74.0 Å². The van der Waals surface area contributed by atoms with Crippen molar-refractivity contribution in [2.45, 2.75) is 68.9 Å². The highest BCUT2D eigenvalue weighted by Gasteiger charge is 2.53. The minimum absolute atomic E-state index is 0.0276. The van der Waals surface area contributed by atoms with E-state index in [0.29, 0.717) is 31.4 Å². The van der Waals surface area contributed by atoms with Crippen LogP contribution in [0.2, 0.25) is 0 Å². The minimum Gasteiger partial charge on any atom is -0.447 e. The number of benzene rings is 1. The van der Waals surface area contributed by atoms with Crippen molar-refractivity contribution in [3.05, 3.63) is 34.9 Å². The van der Waals surface area contributed by atoms with Crippen LogP contribution in [0.15, 0.2) is 18.2 Å². The molecule has 1 N–H and O–H groups in total. The third-order valence-corrected chi connectivity index (χ3v) is 7.32. The molecule has 3 aliphatic carbocycles. The summed E-state index contributed by atoms with van der Waals surface area (Å²) in [4.78, 5) is 26.0. The van der Waals surface area contributed by atoms with Crippen LogP contribution in [0.3, 0.4) is 0 Å². The number of aryl methyl sites for hydroxylation is 2. The number of nitrogens with zero attached hydrogens (tertiary/aromatic N) is 1. The monoisotopic (exact) mass is 368 g/mol. The van der Waals surface area contributed by atoms with Crippen molar-refractivity contribution in [2.75, 3.05) is 13.7 Å². The van der Waals surface area contributed by atoms with Gasteiger partial charge in [0.1, 0.15) is 6.61 Å². The molecule has 3 fully saturated rings. The predicted molar refractivity (Wildman–Crippen MR) is 102 cm³/mol. The fourth-order valence-corrected chi connectivity index (χ4v) is 5.42. The maximum absolute atomic E-state index is 12.8. The lowest BCUT2D eigenvalue weighted by molar-refractivity contribution is -0.143. The second kappa shape index (κ2) is 6.25. The number of fused-ring (bicyclic) bond motifs is 1. The van der Waals surface area contributed by atoms with Gasteiger partial charge in [0.2, 0.25) is 5.91 Å². The SMILES string of the molecule is CN(C(=O)C1CC2(COC(=O)N2)C1)C1CC(c2ccc3c(c2)CCCC3)C1. The summed E-state index contributed by atoms with van der Waals surface area (Å²) in [6.45, 7) is 0.406. The summed E-state index contributed by atoms with van der Waals surface area (Å²) < 4.78 is 5.01. The molecular formula is C22H28N2O3. The summed E-state index contributed by atoms with van der Waals surface area (Å²) in [7, 11) is 1.95. The molecule has 0 atom stereocenters. The number of nitrogens with one attached hydrogen (secondary N) is 1. The number of carbonyl (C=O) groups is 2. The summed E-state index contributed by atoms with van der Waals surface area (Å²) in [5.74, 6) is 0.850. The van der Waals surface area contributed by atoms with Gasteiger partial charge in [0.25, 0.3) is 0 Å². The van der Waals surface area contributed by atoms with Gasteiger partial charge in [0.05, 0.1) is 5.54 Å². The van der Waals surface area contributed by atoms with Gasteiger partial charge in [-0.3, -0.25) is 4.79 Å². The zero-order valence-corrected chi connectivity index (χ0v) is 16.0. The molecular weight excluding hydrogens is 340 g/mol. The average molecular weight is 368 g/mol. The smallest absolute Gasteiger partial charge is 0.407 e. The van der Waals surface area contributed by atoms with E-state index in [1.165, 1.54) is 36.8 Å². The van der Waals surface area contributed by atoms with E-state index >= 15 is 0 Å². The van der Waals surface area contributed by atoms with Crippen molar-refractivity contribution in [3.63, 3.8) is 0 Å². The molecule has 0 bridgehead atoms. The number of rotatable bonds is 3. The molecule has 2 amide bonds. The van der Waals surface area contributed by atoms with Crippen LogP contribution >= 0.6 is 0 Å². The Labute approximate surface area is 160 Å². The molecule has 0 aromatic heterocycles. The van der Waals surface area contributed by atoms with E-state index < -0.39 is 0 Å². The van der Waals surface area contributed by atoms with Gasteiger partial charge in [0, 0.05) is 19.0 Å². The maximum atomic E-state index is 12.8. The Morgan fingerprint density at radius 2 is 1.93 bits per heavy atom. The first-order valence-electron chi connectivity index (χ1n) is 10.4. The minimum atomic E-state index is -0.346. The van der Waals surface area contributed by atoms with Gasteiger partial charge in [-0.1, -0.05) is 18.2 Å². The number of hydrogen-bond acceptors (Lipinski definition) is 3. The van der Waals surface area contributed by atoms with E-state index in [9.17, 15) is 9.59 Å². The molecule has 27 heavy (non-hydrogen) atoms. The van der Waals surface area contributed by atoms with Crippen LogP contribution in [-0.4, -0.2) is 42.1 Å². The van der Waals surface area contributed by atoms with Gasteiger partial charge in [-0.25, -0.2) is 4.79 Å². The number of hydrogen-bond donors (Lipinski definition) is 1. The van der Waals surface area contributed by atoms with Crippen LogP contribution in [0, 0.1) is 5.92 Å². The van der Waals surface area contributed by atoms with Gasteiger partial charge in [0.15, 0.2) is 0 Å². The van der Waals surface area contributed by atoms with Crippen molar-refractivity contribution in [3.8, 4) is 0 Å². The highest BCUT2D eigenvalue weighted by molar-refractivity contribution is 5.81. The molecule has 4 aliphatic rings. The normalized spacial score (nSPS) is 34.1. The van der Waals surface area contributed by atoms with Gasteiger partial charge in [-0.15, -0.1) is 0 Å². The summed E-state index contributed by atoms with van der Waals surface area (Å²) in [6.07, 6.45) is 8.30. The van der Waals surface area contributed by atoms with Crippen molar-refractivity contribution in [2.24, 2.45) is 5.92 Å². The van der Waals surface area contributed by atoms with Gasteiger partial charge < -0.3 is 15.0 Å². The Morgan fingerprint density at radius 1 is 1.19 bits per heavy atom. The maximum Gasteiger partial charge on any atom is 0.407 e. The van der Waals surface area contributed by atoms with E-state index in [4.69, 9.17) is 4.74 Å². The molecule has 1 aromatic rings. The second-order valence-electron chi connectivity index (χ2n) is 9.09. The van der Waals surface area contributed by atoms with Crippen LogP contribution in [0.5, 0.6) is 0 Å². The number of carbonyl (C=O) groups excluding carboxylic acids is 2. The molecule has 1 aliphatic heterocycles. The molecule has 5 rings (SSSR count).